The zero-order valence-electron chi connectivity index (χ0n) is 17.7. The molecule has 31 heavy (non-hydrogen) atoms. The number of nitrogens with one attached hydrogen (secondary N) is 2. The second kappa shape index (κ2) is 8.00. The highest BCUT2D eigenvalue weighted by Gasteiger charge is 2.20. The van der Waals surface area contributed by atoms with Crippen LogP contribution in [-0.2, 0) is 6.54 Å². The maximum Gasteiger partial charge on any atom is 0.256 e. The van der Waals surface area contributed by atoms with Gasteiger partial charge in [0, 0.05) is 59.1 Å². The Bertz CT molecular complexity index is 1270. The minimum absolute atomic E-state index is 0.206. The average molecular weight is 415 g/mol. The molecule has 7 nitrogen and oxygen atoms in total. The molecular formula is C24H25N5O2. The van der Waals surface area contributed by atoms with E-state index in [0.717, 1.165) is 34.8 Å². The summed E-state index contributed by atoms with van der Waals surface area (Å²) >= 11 is 0. The van der Waals surface area contributed by atoms with Gasteiger partial charge in [0.05, 0.1) is 12.6 Å². The Balaban J connectivity index is 1.33. The molecule has 2 N–H and O–H groups in total. The van der Waals surface area contributed by atoms with Crippen LogP contribution in [0.1, 0.15) is 35.8 Å². The summed E-state index contributed by atoms with van der Waals surface area (Å²) in [7, 11) is 1.58. The molecule has 3 aromatic heterocycles. The van der Waals surface area contributed by atoms with E-state index in [0.29, 0.717) is 23.3 Å². The molecule has 4 aromatic rings. The van der Waals surface area contributed by atoms with Crippen LogP contribution < -0.4 is 10.1 Å². The lowest BCUT2D eigenvalue weighted by Crippen LogP contribution is -2.26. The minimum atomic E-state index is -0.206. The third kappa shape index (κ3) is 3.96. The molecule has 1 aliphatic rings. The van der Waals surface area contributed by atoms with Gasteiger partial charge in [0.15, 0.2) is 0 Å². The Kier molecular flexibility index (Phi) is 5.03. The normalized spacial score (nSPS) is 16.8. The number of hydrogen-bond acceptors (Lipinski definition) is 5. The van der Waals surface area contributed by atoms with Crippen molar-refractivity contribution in [1.29, 1.82) is 0 Å². The Morgan fingerprint density at radius 1 is 1.16 bits per heavy atom. The van der Waals surface area contributed by atoms with Gasteiger partial charge in [-0.3, -0.25) is 9.69 Å². The van der Waals surface area contributed by atoms with E-state index in [1.54, 1.807) is 25.6 Å². The van der Waals surface area contributed by atoms with Crippen LogP contribution in [0, 0.1) is 0 Å². The Hall–Kier alpha value is -3.45. The summed E-state index contributed by atoms with van der Waals surface area (Å²) in [5.74, 6) is 0.863. The smallest absolute Gasteiger partial charge is 0.256 e. The van der Waals surface area contributed by atoms with Crippen molar-refractivity contribution in [3.8, 4) is 5.88 Å². The monoisotopic (exact) mass is 415 g/mol. The van der Waals surface area contributed by atoms with Crippen molar-refractivity contribution < 1.29 is 9.53 Å². The zero-order valence-corrected chi connectivity index (χ0v) is 17.7. The van der Waals surface area contributed by atoms with E-state index >= 15 is 0 Å². The van der Waals surface area contributed by atoms with Gasteiger partial charge in [0.1, 0.15) is 5.82 Å². The summed E-state index contributed by atoms with van der Waals surface area (Å²) < 4.78 is 5.15. The fourth-order valence-corrected chi connectivity index (χ4v) is 4.25. The van der Waals surface area contributed by atoms with Crippen LogP contribution >= 0.6 is 0 Å². The molecule has 158 valence electrons. The number of benzene rings is 1. The van der Waals surface area contributed by atoms with E-state index in [1.807, 2.05) is 24.3 Å². The lowest BCUT2D eigenvalue weighted by Gasteiger charge is -2.19. The number of amides is 1. The van der Waals surface area contributed by atoms with Crippen molar-refractivity contribution >= 4 is 33.4 Å². The summed E-state index contributed by atoms with van der Waals surface area (Å²) in [6, 6.07) is 12.0. The number of carbonyl (C=O) groups is 1. The predicted molar refractivity (Wildman–Crippen MR) is 121 cm³/mol. The van der Waals surface area contributed by atoms with Crippen molar-refractivity contribution in [2.75, 3.05) is 19.0 Å². The van der Waals surface area contributed by atoms with E-state index < -0.39 is 0 Å². The predicted octanol–water partition coefficient (Wildman–Crippen LogP) is 4.36. The van der Waals surface area contributed by atoms with E-state index in [2.05, 4.69) is 38.2 Å². The van der Waals surface area contributed by atoms with Gasteiger partial charge in [-0.05, 0) is 49.9 Å². The number of rotatable bonds is 5. The molecule has 0 bridgehead atoms. The van der Waals surface area contributed by atoms with Gasteiger partial charge in [-0.1, -0.05) is 6.07 Å². The first-order valence-electron chi connectivity index (χ1n) is 10.6. The Morgan fingerprint density at radius 3 is 2.84 bits per heavy atom. The van der Waals surface area contributed by atoms with Gasteiger partial charge in [0.25, 0.3) is 5.91 Å². The first-order valence-corrected chi connectivity index (χ1v) is 10.6. The van der Waals surface area contributed by atoms with Crippen LogP contribution in [0.15, 0.2) is 48.8 Å². The maximum absolute atomic E-state index is 12.8. The number of H-pyrrole nitrogens is 1. The van der Waals surface area contributed by atoms with Crippen LogP contribution in [0.5, 0.6) is 5.88 Å². The first kappa shape index (κ1) is 19.5. The van der Waals surface area contributed by atoms with E-state index in [9.17, 15) is 4.79 Å². The van der Waals surface area contributed by atoms with Gasteiger partial charge in [-0.2, -0.15) is 0 Å². The highest BCUT2D eigenvalue weighted by Crippen LogP contribution is 2.24. The number of likely N-dealkylation sites (tertiary alicyclic amines) is 1. The lowest BCUT2D eigenvalue weighted by molar-refractivity contribution is 0.102. The van der Waals surface area contributed by atoms with Crippen LogP contribution in [-0.4, -0.2) is 45.5 Å². The summed E-state index contributed by atoms with van der Waals surface area (Å²) in [5.41, 5.74) is 2.70. The van der Waals surface area contributed by atoms with Crippen molar-refractivity contribution in [1.82, 2.24) is 19.9 Å². The molecule has 1 aromatic carbocycles. The summed E-state index contributed by atoms with van der Waals surface area (Å²) in [4.78, 5) is 27.4. The number of pyridine rings is 2. The minimum Gasteiger partial charge on any atom is -0.481 e. The zero-order chi connectivity index (χ0) is 21.4. The summed E-state index contributed by atoms with van der Waals surface area (Å²) in [6.07, 6.45) is 6.03. The number of methoxy groups -OCH3 is 1. The van der Waals surface area contributed by atoms with Crippen molar-refractivity contribution in [3.05, 3.63) is 60.0 Å². The average Bonchev–Trinajstić information content (AvgIpc) is 3.38. The van der Waals surface area contributed by atoms with Crippen LogP contribution in [0.2, 0.25) is 0 Å². The Labute approximate surface area is 180 Å². The number of fused-ring (bicyclic) bond motifs is 2. The van der Waals surface area contributed by atoms with Crippen LogP contribution in [0.25, 0.3) is 21.7 Å². The molecule has 0 unspecified atom stereocenters. The molecule has 0 aliphatic carbocycles. The number of carbonyl (C=O) groups excluding carboxylic acids is 1. The third-order valence-corrected chi connectivity index (χ3v) is 6.03. The fourth-order valence-electron chi connectivity index (χ4n) is 4.25. The number of aromatic amines is 1. The molecule has 0 spiro atoms. The molecule has 0 radical (unpaired) electrons. The van der Waals surface area contributed by atoms with E-state index in [-0.39, 0.29) is 5.91 Å². The molecule has 1 saturated heterocycles. The molecule has 1 atom stereocenters. The van der Waals surface area contributed by atoms with E-state index in [4.69, 9.17) is 4.74 Å². The highest BCUT2D eigenvalue weighted by atomic mass is 16.5. The summed E-state index contributed by atoms with van der Waals surface area (Å²) in [5, 5.41) is 5.79. The largest absolute Gasteiger partial charge is 0.481 e. The van der Waals surface area contributed by atoms with Gasteiger partial charge in [0.2, 0.25) is 5.88 Å². The summed E-state index contributed by atoms with van der Waals surface area (Å²) in [6.45, 7) is 4.34. The quantitative estimate of drug-likeness (QED) is 0.506. The second-order valence-electron chi connectivity index (χ2n) is 8.16. The molecule has 1 fully saturated rings. The van der Waals surface area contributed by atoms with Gasteiger partial charge in [-0.15, -0.1) is 0 Å². The maximum atomic E-state index is 12.8. The van der Waals surface area contributed by atoms with Gasteiger partial charge in [-0.25, -0.2) is 9.97 Å². The number of nitrogens with zero attached hydrogens (tertiary/aromatic N) is 3. The first-order chi connectivity index (χ1) is 15.1. The SMILES string of the molecule is COc1cc2ccc(C(=O)Nc3cc4[nH]c(CN5CCC[C@@H]5C)cc4cn3)cc2cn1. The Morgan fingerprint density at radius 2 is 2.03 bits per heavy atom. The number of anilines is 1. The van der Waals surface area contributed by atoms with E-state index in [1.165, 1.54) is 18.5 Å². The standard InChI is InChI=1S/C24H25N5O2/c1-15-4-3-7-29(15)14-20-9-19-13-25-22(11-21(19)27-20)28-24(30)17-6-5-16-10-23(31-2)26-12-18(16)8-17/h5-6,8-13,15,27H,3-4,7,14H2,1-2H3,(H,25,28,30)/t15-/m0/s1. The van der Waals surface area contributed by atoms with Crippen molar-refractivity contribution in [2.24, 2.45) is 0 Å². The molecule has 4 heterocycles. The molecule has 1 aliphatic heterocycles. The van der Waals surface area contributed by atoms with Crippen molar-refractivity contribution in [2.45, 2.75) is 32.4 Å². The lowest BCUT2D eigenvalue weighted by atomic mass is 10.1. The van der Waals surface area contributed by atoms with Crippen LogP contribution in [0.3, 0.4) is 0 Å². The van der Waals surface area contributed by atoms with Crippen molar-refractivity contribution in [3.63, 3.8) is 0 Å². The number of hydrogen-bond donors (Lipinski definition) is 2. The molecule has 1 amide bonds. The number of ether oxygens (including phenoxy) is 1. The second-order valence-corrected chi connectivity index (χ2v) is 8.16. The van der Waals surface area contributed by atoms with Gasteiger partial charge >= 0.3 is 0 Å². The number of aromatic nitrogens is 3. The third-order valence-electron chi connectivity index (χ3n) is 6.03. The topological polar surface area (TPSA) is 83.1 Å². The van der Waals surface area contributed by atoms with Crippen LogP contribution in [0.4, 0.5) is 5.82 Å². The molecule has 0 saturated carbocycles. The molecule has 5 rings (SSSR count). The van der Waals surface area contributed by atoms with Gasteiger partial charge < -0.3 is 15.0 Å². The molecule has 7 heteroatoms. The highest BCUT2D eigenvalue weighted by molar-refractivity contribution is 6.06. The fraction of sp³-hybridized carbons (Fsp3) is 0.292. The molecular weight excluding hydrogens is 390 g/mol.